The Labute approximate surface area is 108 Å². The summed E-state index contributed by atoms with van der Waals surface area (Å²) in [5, 5.41) is 6.41. The molecular weight excluding hydrogens is 249 g/mol. The molecule has 0 aliphatic carbocycles. The molecule has 2 rings (SSSR count). The summed E-state index contributed by atoms with van der Waals surface area (Å²) in [6.45, 7) is 0.140. The molecule has 0 saturated carbocycles. The molecule has 98 valence electrons. The van der Waals surface area contributed by atoms with E-state index in [0.29, 0.717) is 0 Å². The molecule has 0 aliphatic heterocycles. The van der Waals surface area contributed by atoms with Crippen LogP contribution in [0.1, 0.15) is 5.56 Å². The van der Waals surface area contributed by atoms with Gasteiger partial charge in [0.05, 0.1) is 0 Å². The second kappa shape index (κ2) is 5.90. The first-order valence-corrected chi connectivity index (χ1v) is 5.68. The minimum absolute atomic E-state index is 0.138. The van der Waals surface area contributed by atoms with Gasteiger partial charge in [-0.15, -0.1) is 0 Å². The van der Waals surface area contributed by atoms with Crippen LogP contribution in [0.4, 0.5) is 4.39 Å². The third-order valence-corrected chi connectivity index (χ3v) is 2.48. The first kappa shape index (κ1) is 12.9. The van der Waals surface area contributed by atoms with Crippen molar-refractivity contribution in [1.82, 2.24) is 15.1 Å². The molecule has 0 atom stereocenters. The lowest BCUT2D eigenvalue weighted by atomic mass is 10.2. The zero-order valence-corrected chi connectivity index (χ0v) is 10.0. The van der Waals surface area contributed by atoms with Gasteiger partial charge in [-0.2, -0.15) is 5.10 Å². The minimum Gasteiger partial charge on any atom is -0.350 e. The fourth-order valence-electron chi connectivity index (χ4n) is 1.50. The number of nitrogens with zero attached hydrogens (tertiary/aromatic N) is 2. The van der Waals surface area contributed by atoms with Crippen molar-refractivity contribution in [2.24, 2.45) is 0 Å². The number of hydrogen-bond acceptors (Lipinski definition) is 3. The number of nitrogens with one attached hydrogen (secondary N) is 1. The van der Waals surface area contributed by atoms with Crippen molar-refractivity contribution >= 4 is 5.91 Å². The molecule has 19 heavy (non-hydrogen) atoms. The van der Waals surface area contributed by atoms with E-state index in [2.05, 4.69) is 10.4 Å². The molecule has 0 radical (unpaired) electrons. The Morgan fingerprint density at radius 3 is 2.68 bits per heavy atom. The maximum atomic E-state index is 12.7. The molecule has 0 unspecified atom stereocenters. The lowest BCUT2D eigenvalue weighted by Gasteiger charge is -2.06. The van der Waals surface area contributed by atoms with Crippen LogP contribution in [0.5, 0.6) is 0 Å². The fraction of sp³-hybridized carbons (Fsp3) is 0.154. The van der Waals surface area contributed by atoms with Crippen LogP contribution in [0, 0.1) is 5.82 Å². The molecule has 0 aliphatic rings. The number of benzene rings is 1. The van der Waals surface area contributed by atoms with E-state index < -0.39 is 0 Å². The molecule has 0 bridgehead atoms. The molecule has 6 heteroatoms. The Hall–Kier alpha value is -2.50. The maximum Gasteiger partial charge on any atom is 0.267 e. The Balaban J connectivity index is 1.90. The highest BCUT2D eigenvalue weighted by molar-refractivity contribution is 5.75. The second-order valence-corrected chi connectivity index (χ2v) is 3.92. The smallest absolute Gasteiger partial charge is 0.267 e. The van der Waals surface area contributed by atoms with E-state index in [1.165, 1.54) is 30.5 Å². The van der Waals surface area contributed by atoms with Crippen molar-refractivity contribution in [3.05, 3.63) is 64.3 Å². The van der Waals surface area contributed by atoms with Gasteiger partial charge in [0.2, 0.25) is 5.91 Å². The molecule has 5 nitrogen and oxygen atoms in total. The van der Waals surface area contributed by atoms with Gasteiger partial charge in [-0.3, -0.25) is 9.59 Å². The van der Waals surface area contributed by atoms with Crippen molar-refractivity contribution < 1.29 is 9.18 Å². The van der Waals surface area contributed by atoms with Crippen LogP contribution in [0.15, 0.2) is 47.4 Å². The van der Waals surface area contributed by atoms with Crippen LogP contribution < -0.4 is 10.9 Å². The minimum atomic E-state index is -0.334. The second-order valence-electron chi connectivity index (χ2n) is 3.92. The van der Waals surface area contributed by atoms with E-state index >= 15 is 0 Å². The summed E-state index contributed by atoms with van der Waals surface area (Å²) >= 11 is 0. The summed E-state index contributed by atoms with van der Waals surface area (Å²) in [6.07, 6.45) is 1.44. The molecule has 0 fully saturated rings. The van der Waals surface area contributed by atoms with Crippen LogP contribution >= 0.6 is 0 Å². The van der Waals surface area contributed by atoms with Crippen LogP contribution in [-0.4, -0.2) is 15.7 Å². The zero-order valence-electron chi connectivity index (χ0n) is 10.0. The van der Waals surface area contributed by atoms with Crippen molar-refractivity contribution in [2.45, 2.75) is 13.1 Å². The van der Waals surface area contributed by atoms with E-state index in [1.54, 1.807) is 12.1 Å². The van der Waals surface area contributed by atoms with Gasteiger partial charge in [0, 0.05) is 18.8 Å². The number of hydrogen-bond donors (Lipinski definition) is 1. The van der Waals surface area contributed by atoms with Crippen LogP contribution in [-0.2, 0) is 17.9 Å². The lowest BCUT2D eigenvalue weighted by Crippen LogP contribution is -2.32. The fourth-order valence-corrected chi connectivity index (χ4v) is 1.50. The van der Waals surface area contributed by atoms with Crippen LogP contribution in [0.3, 0.4) is 0 Å². The number of carbonyl (C=O) groups is 1. The lowest BCUT2D eigenvalue weighted by molar-refractivity contribution is -0.122. The van der Waals surface area contributed by atoms with Gasteiger partial charge in [-0.05, 0) is 23.8 Å². The first-order chi connectivity index (χ1) is 9.15. The summed E-state index contributed by atoms with van der Waals surface area (Å²) in [5.41, 5.74) is 0.447. The normalized spacial score (nSPS) is 10.2. The molecular formula is C13H12FN3O2. The highest BCUT2D eigenvalue weighted by Gasteiger charge is 2.04. The Bertz CT molecular complexity index is 622. The standard InChI is InChI=1S/C13H12FN3O2/c14-11-5-3-10(4-6-11)8-15-12(18)9-17-13(19)2-1-7-16-17/h1-7H,8-9H2,(H,15,18). The van der Waals surface area contributed by atoms with Crippen molar-refractivity contribution in [3.63, 3.8) is 0 Å². The van der Waals surface area contributed by atoms with E-state index in [4.69, 9.17) is 0 Å². The molecule has 1 N–H and O–H groups in total. The predicted octanol–water partition coefficient (Wildman–Crippen LogP) is 0.699. The highest BCUT2D eigenvalue weighted by Crippen LogP contribution is 2.01. The summed E-state index contributed by atoms with van der Waals surface area (Å²) in [7, 11) is 0. The van der Waals surface area contributed by atoms with Gasteiger partial charge < -0.3 is 5.32 Å². The molecule has 1 aromatic heterocycles. The summed E-state index contributed by atoms with van der Waals surface area (Å²) in [5.74, 6) is -0.653. The van der Waals surface area contributed by atoms with E-state index in [9.17, 15) is 14.0 Å². The average molecular weight is 261 g/mol. The number of amides is 1. The van der Waals surface area contributed by atoms with Gasteiger partial charge in [-0.25, -0.2) is 9.07 Å². The van der Waals surface area contributed by atoms with E-state index in [0.717, 1.165) is 10.2 Å². The molecule has 1 aromatic carbocycles. The van der Waals surface area contributed by atoms with Crippen molar-refractivity contribution in [2.75, 3.05) is 0 Å². The van der Waals surface area contributed by atoms with Crippen LogP contribution in [0.25, 0.3) is 0 Å². The van der Waals surface area contributed by atoms with Crippen molar-refractivity contribution in [1.29, 1.82) is 0 Å². The largest absolute Gasteiger partial charge is 0.350 e. The highest BCUT2D eigenvalue weighted by atomic mass is 19.1. The number of halogens is 1. The van der Waals surface area contributed by atoms with Gasteiger partial charge in [-0.1, -0.05) is 12.1 Å². The van der Waals surface area contributed by atoms with E-state index in [-0.39, 0.29) is 30.4 Å². The zero-order chi connectivity index (χ0) is 13.7. The molecule has 2 aromatic rings. The molecule has 1 amide bonds. The Morgan fingerprint density at radius 2 is 2.00 bits per heavy atom. The third-order valence-electron chi connectivity index (χ3n) is 2.48. The summed E-state index contributed by atoms with van der Waals surface area (Å²) in [4.78, 5) is 23.0. The van der Waals surface area contributed by atoms with Gasteiger partial charge in [0.15, 0.2) is 0 Å². The predicted molar refractivity (Wildman–Crippen MR) is 66.7 cm³/mol. The summed E-state index contributed by atoms with van der Waals surface area (Å²) in [6, 6.07) is 8.66. The van der Waals surface area contributed by atoms with E-state index in [1.807, 2.05) is 0 Å². The number of aromatic nitrogens is 2. The number of carbonyl (C=O) groups excluding carboxylic acids is 1. The maximum absolute atomic E-state index is 12.7. The topological polar surface area (TPSA) is 64.0 Å². The quantitative estimate of drug-likeness (QED) is 0.881. The van der Waals surface area contributed by atoms with Gasteiger partial charge in [0.25, 0.3) is 5.56 Å². The van der Waals surface area contributed by atoms with Crippen LogP contribution in [0.2, 0.25) is 0 Å². The number of rotatable bonds is 4. The Kier molecular flexibility index (Phi) is 4.02. The SMILES string of the molecule is O=C(Cn1ncccc1=O)NCc1ccc(F)cc1. The van der Waals surface area contributed by atoms with Gasteiger partial charge in [0.1, 0.15) is 12.4 Å². The average Bonchev–Trinajstić information content (AvgIpc) is 2.41. The third kappa shape index (κ3) is 3.74. The monoisotopic (exact) mass is 261 g/mol. The van der Waals surface area contributed by atoms with Crippen molar-refractivity contribution in [3.8, 4) is 0 Å². The molecule has 0 saturated heterocycles. The molecule has 0 spiro atoms. The molecule has 1 heterocycles. The first-order valence-electron chi connectivity index (χ1n) is 5.68. The van der Waals surface area contributed by atoms with Gasteiger partial charge >= 0.3 is 0 Å². The summed E-state index contributed by atoms with van der Waals surface area (Å²) < 4.78 is 13.8. The Morgan fingerprint density at radius 1 is 1.26 bits per heavy atom.